The zero-order chi connectivity index (χ0) is 25.9. The summed E-state index contributed by atoms with van der Waals surface area (Å²) < 4.78 is 75.8. The highest BCUT2D eigenvalue weighted by Gasteiger charge is 2.31. The highest BCUT2D eigenvalue weighted by Crippen LogP contribution is 2.26. The molecule has 3 aromatic carbocycles. The predicted octanol–water partition coefficient (Wildman–Crippen LogP) is 5.33. The third-order valence-electron chi connectivity index (χ3n) is 6.19. The number of hydrogen-bond acceptors (Lipinski definition) is 4. The lowest BCUT2D eigenvalue weighted by molar-refractivity contribution is 0.00546. The molecule has 4 rings (SSSR count). The molecule has 192 valence electrons. The van der Waals surface area contributed by atoms with E-state index >= 15 is 0 Å². The van der Waals surface area contributed by atoms with E-state index in [0.29, 0.717) is 30.2 Å². The van der Waals surface area contributed by atoms with Crippen LogP contribution in [0.4, 0.5) is 13.2 Å². The molecule has 0 spiro atoms. The SMILES string of the molecule is Cc1ccc(F)c(S(=O)(=O)N2CCN(C[C@H](OCc3c(F)cccc3F)c3ccc(Cl)cc3)CC2)c1. The van der Waals surface area contributed by atoms with Gasteiger partial charge in [0.25, 0.3) is 0 Å². The maximum atomic E-state index is 14.3. The Balaban J connectivity index is 1.46. The van der Waals surface area contributed by atoms with Crippen molar-refractivity contribution in [3.8, 4) is 0 Å². The molecule has 0 amide bonds. The Labute approximate surface area is 214 Å². The fourth-order valence-corrected chi connectivity index (χ4v) is 5.82. The number of ether oxygens (including phenoxy) is 1. The summed E-state index contributed by atoms with van der Waals surface area (Å²) in [6.45, 7) is 2.91. The van der Waals surface area contributed by atoms with E-state index in [1.54, 1.807) is 31.2 Å². The predicted molar refractivity (Wildman–Crippen MR) is 132 cm³/mol. The van der Waals surface area contributed by atoms with Crippen LogP contribution >= 0.6 is 11.6 Å². The summed E-state index contributed by atoms with van der Waals surface area (Å²) in [5, 5.41) is 0.542. The fourth-order valence-electron chi connectivity index (χ4n) is 4.12. The quantitative estimate of drug-likeness (QED) is 0.389. The first-order chi connectivity index (χ1) is 17.1. The molecule has 5 nitrogen and oxygen atoms in total. The zero-order valence-electron chi connectivity index (χ0n) is 19.6. The van der Waals surface area contributed by atoms with E-state index in [2.05, 4.69) is 0 Å². The minimum Gasteiger partial charge on any atom is -0.367 e. The Hall–Kier alpha value is -2.43. The van der Waals surface area contributed by atoms with Gasteiger partial charge >= 0.3 is 0 Å². The molecule has 0 aliphatic carbocycles. The minimum absolute atomic E-state index is 0.160. The molecule has 0 aromatic heterocycles. The van der Waals surface area contributed by atoms with Crippen LogP contribution in [0.15, 0.2) is 65.6 Å². The summed E-state index contributed by atoms with van der Waals surface area (Å²) in [6, 6.07) is 14.6. The average molecular weight is 539 g/mol. The van der Waals surface area contributed by atoms with Crippen molar-refractivity contribution in [2.45, 2.75) is 24.5 Å². The van der Waals surface area contributed by atoms with Crippen LogP contribution < -0.4 is 0 Å². The standard InChI is InChI=1S/C26H26ClF3N2O3S/c1-18-5-10-24(30)26(15-18)36(33,34)32-13-11-31(12-14-32)16-25(19-6-8-20(27)9-7-19)35-17-21-22(28)3-2-4-23(21)29/h2-10,15,25H,11-14,16-17H2,1H3/t25-/m0/s1. The van der Waals surface area contributed by atoms with Gasteiger partial charge in [-0.05, 0) is 54.4 Å². The molecule has 0 bridgehead atoms. The monoisotopic (exact) mass is 538 g/mol. The van der Waals surface area contributed by atoms with Crippen LogP contribution in [0.1, 0.15) is 22.8 Å². The van der Waals surface area contributed by atoms with Crippen molar-refractivity contribution in [2.24, 2.45) is 0 Å². The molecule has 1 saturated heterocycles. The molecule has 0 saturated carbocycles. The number of halogens is 4. The second-order valence-electron chi connectivity index (χ2n) is 8.69. The number of nitrogens with zero attached hydrogens (tertiary/aromatic N) is 2. The Morgan fingerprint density at radius 2 is 1.56 bits per heavy atom. The van der Waals surface area contributed by atoms with Crippen molar-refractivity contribution in [3.05, 3.63) is 99.8 Å². The lowest BCUT2D eigenvalue weighted by atomic mass is 10.1. The zero-order valence-corrected chi connectivity index (χ0v) is 21.2. The second kappa shape index (κ2) is 11.3. The van der Waals surface area contributed by atoms with E-state index < -0.39 is 33.6 Å². The van der Waals surface area contributed by atoms with Gasteiger partial charge in [0.05, 0.1) is 12.7 Å². The van der Waals surface area contributed by atoms with E-state index in [1.165, 1.54) is 34.6 Å². The first-order valence-corrected chi connectivity index (χ1v) is 13.3. The topological polar surface area (TPSA) is 49.9 Å². The van der Waals surface area contributed by atoms with E-state index in [1.807, 2.05) is 4.90 Å². The Morgan fingerprint density at radius 1 is 0.917 bits per heavy atom. The van der Waals surface area contributed by atoms with Crippen molar-refractivity contribution < 1.29 is 26.3 Å². The Morgan fingerprint density at radius 3 is 2.19 bits per heavy atom. The molecular weight excluding hydrogens is 513 g/mol. The summed E-state index contributed by atoms with van der Waals surface area (Å²) >= 11 is 6.01. The maximum absolute atomic E-state index is 14.3. The highest BCUT2D eigenvalue weighted by molar-refractivity contribution is 7.89. The molecule has 3 aromatic rings. The van der Waals surface area contributed by atoms with Gasteiger partial charge in [-0.15, -0.1) is 0 Å². The molecule has 0 unspecified atom stereocenters. The van der Waals surface area contributed by atoms with E-state index in [0.717, 1.165) is 11.6 Å². The van der Waals surface area contributed by atoms with Gasteiger partial charge in [-0.2, -0.15) is 4.31 Å². The Bertz CT molecular complexity index is 1290. The molecule has 36 heavy (non-hydrogen) atoms. The summed E-state index contributed by atoms with van der Waals surface area (Å²) in [4.78, 5) is 1.68. The molecular formula is C26H26ClF3N2O3S. The number of sulfonamides is 1. The van der Waals surface area contributed by atoms with Crippen LogP contribution in [0.3, 0.4) is 0 Å². The fraction of sp³-hybridized carbons (Fsp3) is 0.308. The number of benzene rings is 3. The highest BCUT2D eigenvalue weighted by atomic mass is 35.5. The van der Waals surface area contributed by atoms with Crippen LogP contribution in [0.2, 0.25) is 5.02 Å². The van der Waals surface area contributed by atoms with E-state index in [4.69, 9.17) is 16.3 Å². The molecule has 1 aliphatic heterocycles. The van der Waals surface area contributed by atoms with Gasteiger partial charge in [0, 0.05) is 43.3 Å². The number of rotatable bonds is 8. The van der Waals surface area contributed by atoms with Crippen LogP contribution in [0.5, 0.6) is 0 Å². The van der Waals surface area contributed by atoms with Crippen LogP contribution in [-0.4, -0.2) is 50.3 Å². The molecule has 1 fully saturated rings. The molecule has 0 radical (unpaired) electrons. The van der Waals surface area contributed by atoms with Gasteiger partial charge < -0.3 is 4.74 Å². The normalized spacial score (nSPS) is 16.2. The average Bonchev–Trinajstić information content (AvgIpc) is 2.85. The minimum atomic E-state index is -3.98. The van der Waals surface area contributed by atoms with Gasteiger partial charge in [-0.3, -0.25) is 4.90 Å². The summed E-state index contributed by atoms with van der Waals surface area (Å²) in [6.07, 6.45) is -0.543. The number of aryl methyl sites for hydroxylation is 1. The second-order valence-corrected chi connectivity index (χ2v) is 11.0. The number of hydrogen-bond donors (Lipinski definition) is 0. The summed E-state index contributed by atoms with van der Waals surface area (Å²) in [7, 11) is -3.98. The first-order valence-electron chi connectivity index (χ1n) is 11.4. The van der Waals surface area contributed by atoms with Crippen molar-refractivity contribution in [3.63, 3.8) is 0 Å². The van der Waals surface area contributed by atoms with Crippen molar-refractivity contribution >= 4 is 21.6 Å². The largest absolute Gasteiger partial charge is 0.367 e. The van der Waals surface area contributed by atoms with Gasteiger partial charge in [-0.1, -0.05) is 35.9 Å². The molecule has 1 atom stereocenters. The van der Waals surface area contributed by atoms with Crippen molar-refractivity contribution in [2.75, 3.05) is 32.7 Å². The van der Waals surface area contributed by atoms with Crippen LogP contribution in [-0.2, 0) is 21.4 Å². The van der Waals surface area contributed by atoms with Crippen LogP contribution in [0, 0.1) is 24.4 Å². The van der Waals surface area contributed by atoms with E-state index in [9.17, 15) is 21.6 Å². The van der Waals surface area contributed by atoms with Gasteiger partial charge in [0.15, 0.2) is 0 Å². The van der Waals surface area contributed by atoms with Gasteiger partial charge in [0.2, 0.25) is 10.0 Å². The van der Waals surface area contributed by atoms with Crippen molar-refractivity contribution in [1.29, 1.82) is 0 Å². The van der Waals surface area contributed by atoms with Crippen molar-refractivity contribution in [1.82, 2.24) is 9.21 Å². The molecule has 1 aliphatic rings. The maximum Gasteiger partial charge on any atom is 0.246 e. The third kappa shape index (κ3) is 6.10. The van der Waals surface area contributed by atoms with E-state index in [-0.39, 0.29) is 30.2 Å². The third-order valence-corrected chi connectivity index (χ3v) is 8.36. The van der Waals surface area contributed by atoms with Crippen LogP contribution in [0.25, 0.3) is 0 Å². The lowest BCUT2D eigenvalue weighted by Gasteiger charge is -2.36. The smallest absolute Gasteiger partial charge is 0.246 e. The van der Waals surface area contributed by atoms with Gasteiger partial charge in [-0.25, -0.2) is 21.6 Å². The number of piperazine rings is 1. The Kier molecular flexibility index (Phi) is 8.37. The molecule has 0 N–H and O–H groups in total. The summed E-state index contributed by atoms with van der Waals surface area (Å²) in [5.41, 5.74) is 1.27. The molecule has 10 heteroatoms. The summed E-state index contributed by atoms with van der Waals surface area (Å²) in [5.74, 6) is -2.15. The lowest BCUT2D eigenvalue weighted by Crippen LogP contribution is -2.49. The van der Waals surface area contributed by atoms with Gasteiger partial charge in [0.1, 0.15) is 22.3 Å². The molecule has 1 heterocycles. The first kappa shape index (κ1) is 26.6.